The molecule has 1 atom stereocenters. The van der Waals surface area contributed by atoms with Gasteiger partial charge in [-0.05, 0) is 26.0 Å². The lowest BCUT2D eigenvalue weighted by Crippen LogP contribution is -2.22. The van der Waals surface area contributed by atoms with E-state index in [4.69, 9.17) is 16.4 Å². The number of hydrogen-bond acceptors (Lipinski definition) is 6. The summed E-state index contributed by atoms with van der Waals surface area (Å²) in [5.74, 6) is -3.76. The Morgan fingerprint density at radius 3 is 2.64 bits per heavy atom. The molecule has 0 bridgehead atoms. The fraction of sp³-hybridized carbons (Fsp3) is 0.391. The lowest BCUT2D eigenvalue weighted by atomic mass is 10.00. The molecule has 7 nitrogen and oxygen atoms in total. The molecule has 1 saturated carbocycles. The summed E-state index contributed by atoms with van der Waals surface area (Å²) in [6.45, 7) is 9.37. The smallest absolute Gasteiger partial charge is 0.298 e. The van der Waals surface area contributed by atoms with Crippen molar-refractivity contribution in [1.29, 1.82) is 0 Å². The zero-order valence-corrected chi connectivity index (χ0v) is 18.3. The number of aryl methyl sites for hydroxylation is 1. The van der Waals surface area contributed by atoms with Gasteiger partial charge < -0.3 is 20.0 Å². The Bertz CT molecular complexity index is 1270. The third-order valence-electron chi connectivity index (χ3n) is 5.84. The number of aliphatic hydroxyl groups excluding tert-OH is 1. The molecule has 1 aliphatic rings. The Hall–Kier alpha value is -3.45. The molecule has 172 valence electrons. The number of nitrogens with zero attached hydrogens (tertiary/aromatic N) is 4. The van der Waals surface area contributed by atoms with Gasteiger partial charge in [0.25, 0.3) is 11.5 Å². The zero-order valence-electron chi connectivity index (χ0n) is 18.3. The SMILES string of the molecule is [C-]#[N+]C1(c2cc3c(N[C@H](C)c4cccc(C(F)(F)CO)c4F)nc(C)nc3nc2OC)CC1. The number of halogens is 3. The predicted octanol–water partition coefficient (Wildman–Crippen LogP) is 4.65. The van der Waals surface area contributed by atoms with Gasteiger partial charge in [-0.3, -0.25) is 0 Å². The maximum Gasteiger partial charge on any atom is 0.298 e. The van der Waals surface area contributed by atoms with Crippen LogP contribution < -0.4 is 10.1 Å². The van der Waals surface area contributed by atoms with Crippen molar-refractivity contribution in [1.82, 2.24) is 15.0 Å². The number of nitrogens with one attached hydrogen (secondary N) is 1. The Kier molecular flexibility index (Phi) is 5.62. The van der Waals surface area contributed by atoms with Crippen molar-refractivity contribution in [2.45, 2.75) is 44.2 Å². The number of alkyl halides is 2. The summed E-state index contributed by atoms with van der Waals surface area (Å²) in [6, 6.07) is 4.67. The van der Waals surface area contributed by atoms with Crippen LogP contribution >= 0.6 is 0 Å². The average Bonchev–Trinajstić information content (AvgIpc) is 3.59. The second-order valence-electron chi connectivity index (χ2n) is 8.12. The Morgan fingerprint density at radius 1 is 1.30 bits per heavy atom. The van der Waals surface area contributed by atoms with Crippen LogP contribution in [0.2, 0.25) is 0 Å². The van der Waals surface area contributed by atoms with Gasteiger partial charge in [0.2, 0.25) is 5.88 Å². The fourth-order valence-corrected chi connectivity index (χ4v) is 3.84. The van der Waals surface area contributed by atoms with E-state index in [1.807, 2.05) is 0 Å². The normalized spacial score (nSPS) is 15.7. The summed E-state index contributed by atoms with van der Waals surface area (Å²) in [6.07, 6.45) is 1.37. The number of benzene rings is 1. The first kappa shape index (κ1) is 22.7. The highest BCUT2D eigenvalue weighted by Crippen LogP contribution is 2.53. The van der Waals surface area contributed by atoms with Crippen molar-refractivity contribution >= 4 is 16.9 Å². The van der Waals surface area contributed by atoms with Crippen LogP contribution in [0.15, 0.2) is 24.3 Å². The number of ether oxygens (including phenoxy) is 1. The maximum absolute atomic E-state index is 14.9. The summed E-state index contributed by atoms with van der Waals surface area (Å²) in [5.41, 5.74) is -0.615. The highest BCUT2D eigenvalue weighted by atomic mass is 19.3. The molecule has 0 amide bonds. The molecule has 10 heteroatoms. The number of pyridine rings is 1. The van der Waals surface area contributed by atoms with E-state index in [9.17, 15) is 13.2 Å². The number of methoxy groups -OCH3 is 1. The molecule has 2 aromatic heterocycles. The Balaban J connectivity index is 1.79. The first-order valence-electron chi connectivity index (χ1n) is 10.3. The molecule has 0 saturated heterocycles. The summed E-state index contributed by atoms with van der Waals surface area (Å²) in [4.78, 5) is 17.0. The molecule has 33 heavy (non-hydrogen) atoms. The molecule has 1 aliphatic carbocycles. The highest BCUT2D eigenvalue weighted by Gasteiger charge is 2.55. The monoisotopic (exact) mass is 457 g/mol. The lowest BCUT2D eigenvalue weighted by molar-refractivity contribution is -0.0583. The molecule has 2 N–H and O–H groups in total. The first-order valence-corrected chi connectivity index (χ1v) is 10.3. The number of aliphatic hydroxyl groups is 1. The van der Waals surface area contributed by atoms with Gasteiger partial charge in [-0.15, -0.1) is 0 Å². The van der Waals surface area contributed by atoms with Gasteiger partial charge in [-0.1, -0.05) is 12.1 Å². The first-order chi connectivity index (χ1) is 15.7. The molecule has 1 fully saturated rings. The van der Waals surface area contributed by atoms with Gasteiger partial charge in [0, 0.05) is 18.4 Å². The molecule has 4 rings (SSSR count). The van der Waals surface area contributed by atoms with Crippen LogP contribution in [0.25, 0.3) is 15.9 Å². The highest BCUT2D eigenvalue weighted by molar-refractivity contribution is 5.88. The summed E-state index contributed by atoms with van der Waals surface area (Å²) < 4.78 is 48.3. The van der Waals surface area contributed by atoms with E-state index < -0.39 is 35.5 Å². The van der Waals surface area contributed by atoms with Crippen molar-refractivity contribution in [2.75, 3.05) is 19.0 Å². The molecule has 0 radical (unpaired) electrons. The molecule has 0 aliphatic heterocycles. The van der Waals surface area contributed by atoms with Crippen LogP contribution in [-0.4, -0.2) is 33.8 Å². The largest absolute Gasteiger partial charge is 0.481 e. The van der Waals surface area contributed by atoms with Crippen molar-refractivity contribution in [3.8, 4) is 5.88 Å². The number of fused-ring (bicyclic) bond motifs is 1. The number of aromatic nitrogens is 3. The van der Waals surface area contributed by atoms with Crippen LogP contribution in [-0.2, 0) is 11.5 Å². The molecular weight excluding hydrogens is 435 g/mol. The predicted molar refractivity (Wildman–Crippen MR) is 116 cm³/mol. The van der Waals surface area contributed by atoms with E-state index in [0.717, 1.165) is 6.07 Å². The minimum absolute atomic E-state index is 0.00782. The van der Waals surface area contributed by atoms with Gasteiger partial charge in [-0.2, -0.15) is 13.8 Å². The van der Waals surface area contributed by atoms with Gasteiger partial charge in [0.15, 0.2) is 5.65 Å². The van der Waals surface area contributed by atoms with Crippen molar-refractivity contribution in [3.63, 3.8) is 0 Å². The Morgan fingerprint density at radius 2 is 2.03 bits per heavy atom. The van der Waals surface area contributed by atoms with E-state index >= 15 is 0 Å². The standard InChI is InChI=1S/C23H22F3N5O2/c1-12(14-6-5-7-16(18(14)24)23(25,26)11-32)28-19-15-10-17(22(27-3)8-9-22)21(33-4)31-20(15)30-13(2)29-19/h5-7,10,12,32H,8-9,11H2,1-2,4H3,(H,28,29,30,31)/t12-/m1/s1. The summed E-state index contributed by atoms with van der Waals surface area (Å²) >= 11 is 0. The lowest BCUT2D eigenvalue weighted by Gasteiger charge is -2.21. The Labute approximate surface area is 188 Å². The van der Waals surface area contributed by atoms with E-state index in [1.54, 1.807) is 19.9 Å². The van der Waals surface area contributed by atoms with E-state index in [2.05, 4.69) is 25.1 Å². The van der Waals surface area contributed by atoms with Gasteiger partial charge in [-0.25, -0.2) is 20.9 Å². The summed E-state index contributed by atoms with van der Waals surface area (Å²) in [7, 11) is 1.48. The van der Waals surface area contributed by atoms with Crippen molar-refractivity contribution in [3.05, 3.63) is 64.0 Å². The second kappa shape index (κ2) is 8.15. The van der Waals surface area contributed by atoms with Crippen LogP contribution in [0.4, 0.5) is 19.0 Å². The molecule has 0 spiro atoms. The van der Waals surface area contributed by atoms with Crippen LogP contribution in [0.5, 0.6) is 5.88 Å². The topological polar surface area (TPSA) is 84.5 Å². The fourth-order valence-electron chi connectivity index (χ4n) is 3.84. The molecule has 0 unspecified atom stereocenters. The van der Waals surface area contributed by atoms with Crippen LogP contribution in [0.1, 0.15) is 48.3 Å². The molecular formula is C23H22F3N5O2. The van der Waals surface area contributed by atoms with Gasteiger partial charge >= 0.3 is 0 Å². The summed E-state index contributed by atoms with van der Waals surface area (Å²) in [5, 5.41) is 12.5. The minimum atomic E-state index is -3.70. The number of hydrogen-bond donors (Lipinski definition) is 2. The molecule has 1 aromatic carbocycles. The zero-order chi connectivity index (χ0) is 24.0. The third kappa shape index (κ3) is 3.93. The van der Waals surface area contributed by atoms with Crippen LogP contribution in [0.3, 0.4) is 0 Å². The van der Waals surface area contributed by atoms with E-state index in [1.165, 1.54) is 19.2 Å². The quantitative estimate of drug-likeness (QED) is 0.503. The number of anilines is 1. The van der Waals surface area contributed by atoms with E-state index in [-0.39, 0.29) is 5.56 Å². The number of rotatable bonds is 7. The molecule has 2 heterocycles. The van der Waals surface area contributed by atoms with E-state index in [0.29, 0.717) is 47.0 Å². The van der Waals surface area contributed by atoms with Gasteiger partial charge in [0.1, 0.15) is 24.1 Å². The second-order valence-corrected chi connectivity index (χ2v) is 8.12. The molecule has 3 aromatic rings. The maximum atomic E-state index is 14.9. The van der Waals surface area contributed by atoms with Crippen molar-refractivity contribution < 1.29 is 23.0 Å². The minimum Gasteiger partial charge on any atom is -0.481 e. The average molecular weight is 457 g/mol. The van der Waals surface area contributed by atoms with Crippen molar-refractivity contribution in [2.24, 2.45) is 0 Å². The van der Waals surface area contributed by atoms with Crippen LogP contribution in [0, 0.1) is 19.3 Å². The van der Waals surface area contributed by atoms with Gasteiger partial charge in [0.05, 0.1) is 29.7 Å². The third-order valence-corrected chi connectivity index (χ3v) is 5.84.